The van der Waals surface area contributed by atoms with Gasteiger partial charge in [-0.1, -0.05) is 12.2 Å². The number of amides is 1. The molecule has 0 fully saturated rings. The second kappa shape index (κ2) is 3.24. The van der Waals surface area contributed by atoms with Crippen LogP contribution in [0.4, 0.5) is 0 Å². The van der Waals surface area contributed by atoms with Crippen LogP contribution in [0.2, 0.25) is 0 Å². The van der Waals surface area contributed by atoms with Gasteiger partial charge in [0.25, 0.3) is 5.91 Å². The molecule has 0 aromatic carbocycles. The Morgan fingerprint density at radius 2 is 2.47 bits per heavy atom. The summed E-state index contributed by atoms with van der Waals surface area (Å²) in [6.07, 6.45) is 8.12. The third-order valence-corrected chi connectivity index (χ3v) is 2.83. The first-order chi connectivity index (χ1) is 7.36. The molecule has 0 saturated heterocycles. The number of nitrogens with one attached hydrogen (secondary N) is 1. The highest BCUT2D eigenvalue weighted by Gasteiger charge is 2.32. The summed E-state index contributed by atoms with van der Waals surface area (Å²) in [5.74, 6) is 0.0564. The van der Waals surface area contributed by atoms with Crippen molar-refractivity contribution < 1.29 is 9.53 Å². The van der Waals surface area contributed by atoms with E-state index >= 15 is 0 Å². The summed E-state index contributed by atoms with van der Waals surface area (Å²) in [4.78, 5) is 13.9. The average molecular weight is 204 g/mol. The van der Waals surface area contributed by atoms with Crippen LogP contribution in [-0.2, 0) is 9.53 Å². The van der Waals surface area contributed by atoms with Crippen molar-refractivity contribution in [3.8, 4) is 0 Å². The molecule has 1 amide bonds. The Kier molecular flexibility index (Phi) is 1.89. The highest BCUT2D eigenvalue weighted by molar-refractivity contribution is 5.96. The number of carbonyl (C=O) groups excluding carboxylic acids is 1. The van der Waals surface area contributed by atoms with Crippen molar-refractivity contribution in [2.75, 3.05) is 13.1 Å². The van der Waals surface area contributed by atoms with Crippen molar-refractivity contribution in [2.45, 2.75) is 12.6 Å². The van der Waals surface area contributed by atoms with Crippen LogP contribution in [0.5, 0.6) is 0 Å². The van der Waals surface area contributed by atoms with E-state index in [1.807, 2.05) is 18.2 Å². The lowest BCUT2D eigenvalue weighted by Gasteiger charge is -2.23. The number of hydrogen-bond acceptors (Lipinski definition) is 3. The summed E-state index contributed by atoms with van der Waals surface area (Å²) < 4.78 is 5.54. The molecule has 0 unspecified atom stereocenters. The third-order valence-electron chi connectivity index (χ3n) is 2.83. The zero-order valence-electron chi connectivity index (χ0n) is 8.27. The minimum absolute atomic E-state index is 0.0564. The van der Waals surface area contributed by atoms with E-state index in [0.29, 0.717) is 6.54 Å². The molecule has 0 aliphatic carbocycles. The van der Waals surface area contributed by atoms with E-state index in [9.17, 15) is 4.79 Å². The van der Waals surface area contributed by atoms with E-state index in [4.69, 9.17) is 4.74 Å². The predicted molar refractivity (Wildman–Crippen MR) is 54.5 cm³/mol. The van der Waals surface area contributed by atoms with Gasteiger partial charge in [0.1, 0.15) is 6.26 Å². The van der Waals surface area contributed by atoms with Crippen molar-refractivity contribution in [1.82, 2.24) is 10.2 Å². The average Bonchev–Trinajstić information content (AvgIpc) is 2.69. The highest BCUT2D eigenvalue weighted by Crippen LogP contribution is 2.24. The Morgan fingerprint density at radius 3 is 3.40 bits per heavy atom. The Bertz CT molecular complexity index is 395. The molecule has 3 heterocycles. The minimum Gasteiger partial charge on any atom is -0.476 e. The zero-order chi connectivity index (χ0) is 10.3. The number of fused-ring (bicyclic) bond motifs is 2. The van der Waals surface area contributed by atoms with E-state index in [0.717, 1.165) is 24.2 Å². The molecule has 0 spiro atoms. The van der Waals surface area contributed by atoms with E-state index < -0.39 is 0 Å². The van der Waals surface area contributed by atoms with Gasteiger partial charge in [-0.2, -0.15) is 0 Å². The number of hydrogen-bond donors (Lipinski definition) is 1. The molecule has 0 aromatic rings. The Balaban J connectivity index is 2.00. The molecule has 1 atom stereocenters. The monoisotopic (exact) mass is 204 g/mol. The summed E-state index contributed by atoms with van der Waals surface area (Å²) in [5.41, 5.74) is 1.58. The van der Waals surface area contributed by atoms with Gasteiger partial charge in [-0.05, 0) is 12.5 Å². The molecule has 0 saturated carbocycles. The summed E-state index contributed by atoms with van der Waals surface area (Å²) >= 11 is 0. The molecule has 4 heteroatoms. The maximum absolute atomic E-state index is 12.1. The van der Waals surface area contributed by atoms with Crippen molar-refractivity contribution in [3.63, 3.8) is 0 Å². The van der Waals surface area contributed by atoms with Gasteiger partial charge in [0, 0.05) is 13.1 Å². The van der Waals surface area contributed by atoms with Crippen LogP contribution < -0.4 is 5.32 Å². The number of rotatable bonds is 0. The molecule has 3 aliphatic rings. The predicted octanol–water partition coefficient (Wildman–Crippen LogP) is 0.502. The number of allylic oxidation sites excluding steroid dienone is 1. The van der Waals surface area contributed by atoms with Crippen molar-refractivity contribution >= 4 is 5.91 Å². The first-order valence-electron chi connectivity index (χ1n) is 5.14. The third kappa shape index (κ3) is 1.29. The van der Waals surface area contributed by atoms with Gasteiger partial charge in [-0.15, -0.1) is 0 Å². The molecule has 3 rings (SSSR count). The largest absolute Gasteiger partial charge is 0.476 e. The lowest BCUT2D eigenvalue weighted by atomic mass is 10.1. The van der Waals surface area contributed by atoms with Gasteiger partial charge < -0.3 is 9.64 Å². The van der Waals surface area contributed by atoms with Crippen molar-refractivity contribution in [2.24, 2.45) is 0 Å². The number of carbonyl (C=O) groups is 1. The molecule has 15 heavy (non-hydrogen) atoms. The molecule has 0 radical (unpaired) electrons. The zero-order valence-corrected chi connectivity index (χ0v) is 8.27. The molecule has 3 aliphatic heterocycles. The van der Waals surface area contributed by atoms with Gasteiger partial charge in [-0.3, -0.25) is 10.1 Å². The van der Waals surface area contributed by atoms with Gasteiger partial charge >= 0.3 is 0 Å². The Labute approximate surface area is 87.9 Å². The van der Waals surface area contributed by atoms with Crippen molar-refractivity contribution in [1.29, 1.82) is 0 Å². The fourth-order valence-corrected chi connectivity index (χ4v) is 2.05. The van der Waals surface area contributed by atoms with Crippen LogP contribution in [0.25, 0.3) is 0 Å². The van der Waals surface area contributed by atoms with Crippen LogP contribution >= 0.6 is 0 Å². The second-order valence-corrected chi connectivity index (χ2v) is 3.78. The highest BCUT2D eigenvalue weighted by atomic mass is 16.5. The summed E-state index contributed by atoms with van der Waals surface area (Å²) in [6.45, 7) is 1.51. The topological polar surface area (TPSA) is 41.6 Å². The van der Waals surface area contributed by atoms with Crippen LogP contribution in [0.3, 0.4) is 0 Å². The van der Waals surface area contributed by atoms with E-state index in [-0.39, 0.29) is 12.1 Å². The molecular weight excluding hydrogens is 192 g/mol. The lowest BCUT2D eigenvalue weighted by Crippen LogP contribution is -2.40. The minimum atomic E-state index is -0.266. The normalized spacial score (nSPS) is 28.7. The van der Waals surface area contributed by atoms with E-state index in [1.165, 1.54) is 0 Å². The van der Waals surface area contributed by atoms with Crippen LogP contribution in [-0.4, -0.2) is 30.1 Å². The molecule has 0 aromatic heterocycles. The molecule has 0 bridgehead atoms. The van der Waals surface area contributed by atoms with Gasteiger partial charge in [-0.25, -0.2) is 0 Å². The SMILES string of the molecule is O=C1C2=CCCN[C@H]2OC=C2C=CCN12. The first kappa shape index (κ1) is 8.73. The van der Waals surface area contributed by atoms with Gasteiger partial charge in [0.2, 0.25) is 0 Å². The molecule has 4 nitrogen and oxygen atoms in total. The Hall–Kier alpha value is -1.55. The van der Waals surface area contributed by atoms with Gasteiger partial charge in [0.15, 0.2) is 6.23 Å². The van der Waals surface area contributed by atoms with Crippen LogP contribution in [0.15, 0.2) is 35.8 Å². The van der Waals surface area contributed by atoms with Gasteiger partial charge in [0.05, 0.1) is 11.3 Å². The summed E-state index contributed by atoms with van der Waals surface area (Å²) in [5, 5.41) is 3.17. The molecule has 1 N–H and O–H groups in total. The number of nitrogens with zero attached hydrogens (tertiary/aromatic N) is 1. The lowest BCUT2D eigenvalue weighted by molar-refractivity contribution is -0.125. The van der Waals surface area contributed by atoms with Crippen molar-refractivity contribution in [3.05, 3.63) is 35.8 Å². The summed E-state index contributed by atoms with van der Waals surface area (Å²) in [7, 11) is 0. The Morgan fingerprint density at radius 1 is 1.53 bits per heavy atom. The first-order valence-corrected chi connectivity index (χ1v) is 5.14. The number of ether oxygens (including phenoxy) is 1. The van der Waals surface area contributed by atoms with Crippen LogP contribution in [0.1, 0.15) is 6.42 Å². The fraction of sp³-hybridized carbons (Fsp3) is 0.364. The second-order valence-electron chi connectivity index (χ2n) is 3.78. The van der Waals surface area contributed by atoms with Crippen LogP contribution in [0, 0.1) is 0 Å². The summed E-state index contributed by atoms with van der Waals surface area (Å²) in [6, 6.07) is 0. The molecular formula is C11H12N2O2. The standard InChI is InChI=1S/C11H12N2O2/c14-11-9-4-1-5-12-10(9)15-7-8-3-2-6-13(8)11/h2-4,7,10,12H,1,5-6H2/t10-/m0/s1. The molecule has 78 valence electrons. The van der Waals surface area contributed by atoms with E-state index in [1.54, 1.807) is 11.2 Å². The quantitative estimate of drug-likeness (QED) is 0.625. The maximum atomic E-state index is 12.1. The maximum Gasteiger partial charge on any atom is 0.259 e. The smallest absolute Gasteiger partial charge is 0.259 e. The fourth-order valence-electron chi connectivity index (χ4n) is 2.05. The van der Waals surface area contributed by atoms with E-state index in [2.05, 4.69) is 5.32 Å².